The Morgan fingerprint density at radius 1 is 1.35 bits per heavy atom. The molecule has 1 rings (SSSR count). The van der Waals surface area contributed by atoms with Gasteiger partial charge < -0.3 is 4.90 Å². The fraction of sp³-hybridized carbons (Fsp3) is 0.462. The van der Waals surface area contributed by atoms with Gasteiger partial charge in [-0.15, -0.1) is 0 Å². The van der Waals surface area contributed by atoms with Crippen LogP contribution in [0, 0.1) is 0 Å². The first-order valence-corrected chi connectivity index (χ1v) is 8.84. The van der Waals surface area contributed by atoms with Crippen molar-refractivity contribution >= 4 is 31.9 Å². The van der Waals surface area contributed by atoms with Crippen LogP contribution in [-0.4, -0.2) is 38.9 Å². The zero-order chi connectivity index (χ0) is 15.3. The quantitative estimate of drug-likeness (QED) is 0.783. The Hall–Kier alpha value is -0.920. The molecule has 0 saturated carbocycles. The molecule has 1 aromatic carbocycles. The molecular weight excluding hydrogens is 344 g/mol. The van der Waals surface area contributed by atoms with Crippen molar-refractivity contribution in [2.45, 2.75) is 30.1 Å². The van der Waals surface area contributed by atoms with Gasteiger partial charge in [0.25, 0.3) is 0 Å². The van der Waals surface area contributed by atoms with Gasteiger partial charge in [-0.2, -0.15) is 4.72 Å². The summed E-state index contributed by atoms with van der Waals surface area (Å²) < 4.78 is 26.7. The molecule has 7 heteroatoms. The smallest absolute Gasteiger partial charge is 0.241 e. The van der Waals surface area contributed by atoms with E-state index in [0.717, 1.165) is 5.56 Å². The van der Waals surface area contributed by atoms with E-state index in [1.807, 2.05) is 6.92 Å². The summed E-state index contributed by atoms with van der Waals surface area (Å²) in [5.41, 5.74) is 0.985. The van der Waals surface area contributed by atoms with E-state index >= 15 is 0 Å². The number of rotatable bonds is 6. The molecule has 1 N–H and O–H groups in total. The maximum Gasteiger partial charge on any atom is 0.241 e. The molecule has 5 nitrogen and oxygen atoms in total. The standard InChI is InChI=1S/C13H19BrN2O3S/c1-4-16(3)13(17)10(2)15-20(18,19)12-7-5-11(9-14)6-8-12/h5-8,10,15H,4,9H2,1-3H3. The van der Waals surface area contributed by atoms with Crippen LogP contribution in [0.5, 0.6) is 0 Å². The van der Waals surface area contributed by atoms with Crippen molar-refractivity contribution in [3.8, 4) is 0 Å². The van der Waals surface area contributed by atoms with Crippen molar-refractivity contribution in [2.75, 3.05) is 13.6 Å². The molecule has 0 radical (unpaired) electrons. The molecule has 1 amide bonds. The molecule has 0 heterocycles. The second kappa shape index (κ2) is 7.19. The average Bonchev–Trinajstić information content (AvgIpc) is 2.45. The van der Waals surface area contributed by atoms with Crippen LogP contribution in [0.4, 0.5) is 0 Å². The van der Waals surface area contributed by atoms with Crippen LogP contribution in [0.15, 0.2) is 29.2 Å². The van der Waals surface area contributed by atoms with Crippen LogP contribution >= 0.6 is 15.9 Å². The number of nitrogens with zero attached hydrogens (tertiary/aromatic N) is 1. The molecule has 0 aromatic heterocycles. The maximum atomic E-state index is 12.2. The first-order valence-electron chi connectivity index (χ1n) is 6.24. The number of likely N-dealkylation sites (N-methyl/N-ethyl adjacent to an activating group) is 1. The van der Waals surface area contributed by atoms with E-state index in [9.17, 15) is 13.2 Å². The summed E-state index contributed by atoms with van der Waals surface area (Å²) in [7, 11) is -2.05. The fourth-order valence-electron chi connectivity index (χ4n) is 1.60. The van der Waals surface area contributed by atoms with E-state index in [1.165, 1.54) is 17.0 Å². The van der Waals surface area contributed by atoms with Gasteiger partial charge >= 0.3 is 0 Å². The molecule has 0 bridgehead atoms. The van der Waals surface area contributed by atoms with Gasteiger partial charge in [0.1, 0.15) is 0 Å². The summed E-state index contributed by atoms with van der Waals surface area (Å²) in [5, 5.41) is 0.664. The summed E-state index contributed by atoms with van der Waals surface area (Å²) >= 11 is 3.30. The number of carbonyl (C=O) groups is 1. The summed E-state index contributed by atoms with van der Waals surface area (Å²) in [4.78, 5) is 13.5. The number of amides is 1. The average molecular weight is 363 g/mol. The second-order valence-corrected chi connectivity index (χ2v) is 6.75. The van der Waals surface area contributed by atoms with Crippen LogP contribution in [0.3, 0.4) is 0 Å². The Morgan fingerprint density at radius 2 is 1.90 bits per heavy atom. The lowest BCUT2D eigenvalue weighted by molar-refractivity contribution is -0.131. The molecule has 0 aliphatic carbocycles. The molecule has 0 saturated heterocycles. The first-order chi connectivity index (χ1) is 9.31. The van der Waals surface area contributed by atoms with E-state index in [2.05, 4.69) is 20.7 Å². The summed E-state index contributed by atoms with van der Waals surface area (Å²) in [6, 6.07) is 5.72. The molecular formula is C13H19BrN2O3S. The number of hydrogen-bond acceptors (Lipinski definition) is 3. The lowest BCUT2D eigenvalue weighted by atomic mass is 10.2. The molecule has 0 aliphatic heterocycles. The lowest BCUT2D eigenvalue weighted by Gasteiger charge is -2.20. The predicted octanol–water partition coefficient (Wildman–Crippen LogP) is 1.73. The van der Waals surface area contributed by atoms with Gasteiger partial charge in [-0.05, 0) is 31.5 Å². The summed E-state index contributed by atoms with van der Waals surface area (Å²) in [6.07, 6.45) is 0. The van der Waals surface area contributed by atoms with Gasteiger partial charge in [-0.1, -0.05) is 28.1 Å². The Labute approximate surface area is 128 Å². The Balaban J connectivity index is 2.86. The Bertz CT molecular complexity index is 557. The van der Waals surface area contributed by atoms with Crippen molar-refractivity contribution < 1.29 is 13.2 Å². The van der Waals surface area contributed by atoms with Crippen LogP contribution < -0.4 is 4.72 Å². The molecule has 1 aromatic rings. The highest BCUT2D eigenvalue weighted by molar-refractivity contribution is 9.08. The zero-order valence-electron chi connectivity index (χ0n) is 11.8. The highest BCUT2D eigenvalue weighted by atomic mass is 79.9. The molecule has 0 aliphatic rings. The summed E-state index contributed by atoms with van der Waals surface area (Å²) in [6.45, 7) is 3.90. The van der Waals surface area contributed by atoms with Gasteiger partial charge in [0.15, 0.2) is 0 Å². The van der Waals surface area contributed by atoms with Gasteiger partial charge in [-0.25, -0.2) is 8.42 Å². The zero-order valence-corrected chi connectivity index (χ0v) is 14.2. The van der Waals surface area contributed by atoms with Crippen LogP contribution in [-0.2, 0) is 20.1 Å². The number of nitrogens with one attached hydrogen (secondary N) is 1. The van der Waals surface area contributed by atoms with Crippen molar-refractivity contribution in [1.82, 2.24) is 9.62 Å². The topological polar surface area (TPSA) is 66.5 Å². The van der Waals surface area contributed by atoms with Crippen molar-refractivity contribution in [1.29, 1.82) is 0 Å². The van der Waals surface area contributed by atoms with Gasteiger partial charge in [0.2, 0.25) is 15.9 Å². The number of sulfonamides is 1. The largest absolute Gasteiger partial charge is 0.345 e. The Morgan fingerprint density at radius 3 is 2.35 bits per heavy atom. The Kier molecular flexibility index (Phi) is 6.16. The minimum absolute atomic E-state index is 0.154. The number of carbonyl (C=O) groups excluding carboxylic acids is 1. The van der Waals surface area contributed by atoms with Crippen molar-refractivity contribution in [2.24, 2.45) is 0 Å². The van der Waals surface area contributed by atoms with Gasteiger partial charge in [-0.3, -0.25) is 4.79 Å². The molecule has 20 heavy (non-hydrogen) atoms. The first kappa shape index (κ1) is 17.1. The van der Waals surface area contributed by atoms with Gasteiger partial charge in [0.05, 0.1) is 10.9 Å². The minimum Gasteiger partial charge on any atom is -0.345 e. The molecule has 1 atom stereocenters. The number of alkyl halides is 1. The molecule has 0 fully saturated rings. The van der Waals surface area contributed by atoms with Crippen LogP contribution in [0.1, 0.15) is 19.4 Å². The van der Waals surface area contributed by atoms with E-state index in [1.54, 1.807) is 26.1 Å². The number of hydrogen-bond donors (Lipinski definition) is 1. The third-order valence-corrected chi connectivity index (χ3v) is 5.14. The number of halogens is 1. The fourth-order valence-corrected chi connectivity index (χ4v) is 3.17. The van der Waals surface area contributed by atoms with E-state index in [-0.39, 0.29) is 10.8 Å². The normalized spacial score (nSPS) is 13.0. The third-order valence-electron chi connectivity index (χ3n) is 2.94. The van der Waals surface area contributed by atoms with E-state index < -0.39 is 16.1 Å². The highest BCUT2D eigenvalue weighted by Crippen LogP contribution is 2.13. The SMILES string of the molecule is CCN(C)C(=O)C(C)NS(=O)(=O)c1ccc(CBr)cc1. The predicted molar refractivity (Wildman–Crippen MR) is 82.2 cm³/mol. The monoisotopic (exact) mass is 362 g/mol. The summed E-state index contributed by atoms with van der Waals surface area (Å²) in [5.74, 6) is -0.256. The maximum absolute atomic E-state index is 12.2. The third kappa shape index (κ3) is 4.29. The van der Waals surface area contributed by atoms with E-state index in [0.29, 0.717) is 11.9 Å². The second-order valence-electron chi connectivity index (χ2n) is 4.47. The minimum atomic E-state index is -3.68. The molecule has 1 unspecified atom stereocenters. The van der Waals surface area contributed by atoms with Crippen molar-refractivity contribution in [3.63, 3.8) is 0 Å². The van der Waals surface area contributed by atoms with Gasteiger partial charge in [0, 0.05) is 18.9 Å². The molecule has 112 valence electrons. The highest BCUT2D eigenvalue weighted by Gasteiger charge is 2.23. The van der Waals surface area contributed by atoms with Crippen LogP contribution in [0.2, 0.25) is 0 Å². The van der Waals surface area contributed by atoms with E-state index in [4.69, 9.17) is 0 Å². The lowest BCUT2D eigenvalue weighted by Crippen LogP contribution is -2.45. The molecule has 0 spiro atoms. The number of benzene rings is 1. The van der Waals surface area contributed by atoms with Crippen molar-refractivity contribution in [3.05, 3.63) is 29.8 Å². The van der Waals surface area contributed by atoms with Crippen LogP contribution in [0.25, 0.3) is 0 Å².